The van der Waals surface area contributed by atoms with Gasteiger partial charge in [-0.1, -0.05) is 11.8 Å². The van der Waals surface area contributed by atoms with Crippen LogP contribution in [-0.4, -0.2) is 42.6 Å². The number of rotatable bonds is 4. The molecule has 5 nitrogen and oxygen atoms in total. The van der Waals surface area contributed by atoms with E-state index in [9.17, 15) is 9.59 Å². The van der Waals surface area contributed by atoms with E-state index in [2.05, 4.69) is 16.0 Å². The molecule has 2 rings (SSSR count). The second-order valence-corrected chi connectivity index (χ2v) is 5.58. The van der Waals surface area contributed by atoms with E-state index in [4.69, 9.17) is 0 Å². The Kier molecular flexibility index (Phi) is 4.67. The van der Waals surface area contributed by atoms with Gasteiger partial charge in [-0.25, -0.2) is 0 Å². The van der Waals surface area contributed by atoms with Crippen LogP contribution in [0.25, 0.3) is 0 Å². The summed E-state index contributed by atoms with van der Waals surface area (Å²) in [4.78, 5) is 22.6. The quantitative estimate of drug-likeness (QED) is 0.678. The third-order valence-electron chi connectivity index (χ3n) is 3.24. The zero-order valence-corrected chi connectivity index (χ0v) is 10.6. The first-order valence-electron chi connectivity index (χ1n) is 6.17. The van der Waals surface area contributed by atoms with Crippen LogP contribution in [0.3, 0.4) is 0 Å². The molecular formula is C11H19N3O2S. The Labute approximate surface area is 105 Å². The van der Waals surface area contributed by atoms with Gasteiger partial charge in [0.15, 0.2) is 0 Å². The second kappa shape index (κ2) is 6.26. The molecule has 2 fully saturated rings. The number of piperidine rings is 1. The maximum atomic E-state index is 11.7. The molecule has 2 aliphatic heterocycles. The summed E-state index contributed by atoms with van der Waals surface area (Å²) in [6.45, 7) is 2.89. The molecule has 6 heteroatoms. The van der Waals surface area contributed by atoms with Gasteiger partial charge in [0.05, 0.1) is 0 Å². The van der Waals surface area contributed by atoms with Gasteiger partial charge in [-0.2, -0.15) is 0 Å². The molecule has 0 aliphatic carbocycles. The average molecular weight is 257 g/mol. The van der Waals surface area contributed by atoms with Crippen molar-refractivity contribution in [3.8, 4) is 0 Å². The summed E-state index contributed by atoms with van der Waals surface area (Å²) in [6.07, 6.45) is 3.50. The van der Waals surface area contributed by atoms with Crippen LogP contribution < -0.4 is 16.0 Å². The fourth-order valence-corrected chi connectivity index (χ4v) is 3.00. The van der Waals surface area contributed by atoms with Crippen LogP contribution in [0.4, 0.5) is 4.79 Å². The number of hydrogen-bond acceptors (Lipinski definition) is 4. The van der Waals surface area contributed by atoms with Crippen LogP contribution in [0.2, 0.25) is 0 Å². The fourth-order valence-electron chi connectivity index (χ4n) is 2.22. The van der Waals surface area contributed by atoms with Crippen LogP contribution in [0.15, 0.2) is 0 Å². The van der Waals surface area contributed by atoms with Gasteiger partial charge >= 0.3 is 0 Å². The van der Waals surface area contributed by atoms with Crippen molar-refractivity contribution < 1.29 is 9.59 Å². The zero-order chi connectivity index (χ0) is 12.1. The number of nitrogens with one attached hydrogen (secondary N) is 3. The van der Waals surface area contributed by atoms with Crippen LogP contribution in [0.1, 0.15) is 19.3 Å². The highest BCUT2D eigenvalue weighted by molar-refractivity contribution is 8.14. The lowest BCUT2D eigenvalue weighted by Gasteiger charge is -2.22. The molecule has 0 spiro atoms. The Morgan fingerprint density at radius 2 is 2.41 bits per heavy atom. The van der Waals surface area contributed by atoms with Gasteiger partial charge in [0.2, 0.25) is 5.91 Å². The highest BCUT2D eigenvalue weighted by atomic mass is 32.2. The van der Waals surface area contributed by atoms with Gasteiger partial charge in [-0.15, -0.1) is 0 Å². The number of carbonyl (C=O) groups is 2. The first-order valence-corrected chi connectivity index (χ1v) is 7.16. The molecule has 0 aromatic heterocycles. The summed E-state index contributed by atoms with van der Waals surface area (Å²) in [6, 6.07) is -0.336. The van der Waals surface area contributed by atoms with Gasteiger partial charge in [0, 0.05) is 12.3 Å². The third-order valence-corrected chi connectivity index (χ3v) is 4.12. The topological polar surface area (TPSA) is 70.2 Å². The molecule has 2 aliphatic rings. The Morgan fingerprint density at radius 3 is 3.06 bits per heavy atom. The summed E-state index contributed by atoms with van der Waals surface area (Å²) in [5.74, 6) is 1.18. The maximum Gasteiger partial charge on any atom is 0.279 e. The molecule has 96 valence electrons. The number of hydrogen-bond donors (Lipinski definition) is 3. The third kappa shape index (κ3) is 3.89. The van der Waals surface area contributed by atoms with E-state index >= 15 is 0 Å². The van der Waals surface area contributed by atoms with Crippen LogP contribution in [-0.2, 0) is 4.79 Å². The minimum absolute atomic E-state index is 0.0490. The van der Waals surface area contributed by atoms with Crippen molar-refractivity contribution in [2.24, 2.45) is 5.92 Å². The molecule has 0 aromatic carbocycles. The number of amides is 2. The lowest BCUT2D eigenvalue weighted by molar-refractivity contribution is -0.122. The molecule has 3 N–H and O–H groups in total. The van der Waals surface area contributed by atoms with Crippen LogP contribution >= 0.6 is 11.8 Å². The van der Waals surface area contributed by atoms with Crippen molar-refractivity contribution in [2.75, 3.05) is 25.4 Å². The molecule has 0 saturated carbocycles. The summed E-state index contributed by atoms with van der Waals surface area (Å²) < 4.78 is 0. The maximum absolute atomic E-state index is 11.7. The van der Waals surface area contributed by atoms with E-state index < -0.39 is 0 Å². The summed E-state index contributed by atoms with van der Waals surface area (Å²) in [5, 5.41) is 8.80. The smallest absolute Gasteiger partial charge is 0.279 e. The second-order valence-electron chi connectivity index (χ2n) is 4.59. The molecule has 2 heterocycles. The first kappa shape index (κ1) is 12.7. The lowest BCUT2D eigenvalue weighted by Crippen LogP contribution is -2.43. The molecule has 2 atom stereocenters. The lowest BCUT2D eigenvalue weighted by atomic mass is 9.96. The fraction of sp³-hybridized carbons (Fsp3) is 0.818. The Morgan fingerprint density at radius 1 is 1.53 bits per heavy atom. The molecule has 17 heavy (non-hydrogen) atoms. The van der Waals surface area contributed by atoms with Crippen molar-refractivity contribution in [3.05, 3.63) is 0 Å². The highest BCUT2D eigenvalue weighted by Gasteiger charge is 2.27. The van der Waals surface area contributed by atoms with Gasteiger partial charge < -0.3 is 16.0 Å². The molecule has 2 amide bonds. The Hall–Kier alpha value is -0.750. The van der Waals surface area contributed by atoms with E-state index in [0.29, 0.717) is 18.2 Å². The Bertz CT molecular complexity index is 292. The SMILES string of the molecule is O=C1NC(C(=O)NCCC2CCCNC2)CS1. The molecule has 0 aromatic rings. The van der Waals surface area contributed by atoms with E-state index in [0.717, 1.165) is 19.5 Å². The summed E-state index contributed by atoms with van der Waals surface area (Å²) in [5.41, 5.74) is 0. The molecule has 2 saturated heterocycles. The van der Waals surface area contributed by atoms with Gasteiger partial charge in [0.25, 0.3) is 5.24 Å². The Balaban J connectivity index is 1.61. The van der Waals surface area contributed by atoms with E-state index in [1.807, 2.05) is 0 Å². The molecule has 0 radical (unpaired) electrons. The van der Waals surface area contributed by atoms with E-state index in [-0.39, 0.29) is 17.2 Å². The van der Waals surface area contributed by atoms with E-state index in [1.165, 1.54) is 24.6 Å². The van der Waals surface area contributed by atoms with Crippen LogP contribution in [0, 0.1) is 5.92 Å². The van der Waals surface area contributed by atoms with Crippen molar-refractivity contribution in [1.82, 2.24) is 16.0 Å². The summed E-state index contributed by atoms with van der Waals surface area (Å²) >= 11 is 1.17. The predicted octanol–water partition coefficient (Wildman–Crippen LogP) is 0.317. The first-order chi connectivity index (χ1) is 8.25. The van der Waals surface area contributed by atoms with Gasteiger partial charge in [0.1, 0.15) is 6.04 Å². The van der Waals surface area contributed by atoms with Gasteiger partial charge in [-0.05, 0) is 38.3 Å². The van der Waals surface area contributed by atoms with Crippen molar-refractivity contribution in [3.63, 3.8) is 0 Å². The minimum Gasteiger partial charge on any atom is -0.354 e. The summed E-state index contributed by atoms with van der Waals surface area (Å²) in [7, 11) is 0. The molecular weight excluding hydrogens is 238 g/mol. The molecule has 0 bridgehead atoms. The van der Waals surface area contributed by atoms with Crippen molar-refractivity contribution in [2.45, 2.75) is 25.3 Å². The predicted molar refractivity (Wildman–Crippen MR) is 68.0 cm³/mol. The number of carbonyl (C=O) groups excluding carboxylic acids is 2. The monoisotopic (exact) mass is 257 g/mol. The minimum atomic E-state index is -0.336. The van der Waals surface area contributed by atoms with Crippen molar-refractivity contribution >= 4 is 22.9 Å². The average Bonchev–Trinajstić information content (AvgIpc) is 2.77. The normalized spacial score (nSPS) is 28.8. The standard InChI is InChI=1S/C11H19N3O2S/c15-10(9-7-17-11(16)14-9)13-5-3-8-2-1-4-12-6-8/h8-9,12H,1-7H2,(H,13,15)(H,14,16). The number of thioether (sulfide) groups is 1. The van der Waals surface area contributed by atoms with Crippen LogP contribution in [0.5, 0.6) is 0 Å². The molecule has 2 unspecified atom stereocenters. The van der Waals surface area contributed by atoms with Crippen molar-refractivity contribution in [1.29, 1.82) is 0 Å². The van der Waals surface area contributed by atoms with Gasteiger partial charge in [-0.3, -0.25) is 9.59 Å². The highest BCUT2D eigenvalue weighted by Crippen LogP contribution is 2.14. The van der Waals surface area contributed by atoms with E-state index in [1.54, 1.807) is 0 Å². The zero-order valence-electron chi connectivity index (χ0n) is 9.83. The largest absolute Gasteiger partial charge is 0.354 e.